The van der Waals surface area contributed by atoms with Crippen LogP contribution in [-0.4, -0.2) is 67.4 Å². The van der Waals surface area contributed by atoms with Gasteiger partial charge in [-0.15, -0.1) is 0 Å². The number of methoxy groups -OCH3 is 1. The van der Waals surface area contributed by atoms with Crippen molar-refractivity contribution in [3.05, 3.63) is 48.4 Å². The van der Waals surface area contributed by atoms with E-state index in [2.05, 4.69) is 9.55 Å². The molecule has 0 aliphatic heterocycles. The van der Waals surface area contributed by atoms with Crippen molar-refractivity contribution in [2.24, 2.45) is 0 Å². The average Bonchev–Trinajstić information content (AvgIpc) is 3.19. The lowest BCUT2D eigenvalue weighted by Crippen LogP contribution is -2.26. The Bertz CT molecular complexity index is 1020. The van der Waals surface area contributed by atoms with Gasteiger partial charge in [-0.1, -0.05) is 42.1 Å². The van der Waals surface area contributed by atoms with E-state index >= 15 is 0 Å². The normalized spacial score (nSPS) is 11.8. The summed E-state index contributed by atoms with van der Waals surface area (Å²) in [6.45, 7) is 1.37. The second-order valence-electron chi connectivity index (χ2n) is 7.81. The van der Waals surface area contributed by atoms with Crippen molar-refractivity contribution in [2.75, 3.05) is 26.6 Å². The Balaban J connectivity index is 1.76. The van der Waals surface area contributed by atoms with E-state index in [9.17, 15) is 0 Å². The number of rotatable bonds is 14. The lowest BCUT2D eigenvalue weighted by Gasteiger charge is -2.13. The van der Waals surface area contributed by atoms with Crippen LogP contribution in [0.2, 0.25) is 0 Å². The first-order valence-corrected chi connectivity index (χ1v) is 12.4. The molecule has 9 nitrogen and oxygen atoms in total. The van der Waals surface area contributed by atoms with Crippen LogP contribution in [0.1, 0.15) is 31.5 Å². The van der Waals surface area contributed by atoms with Crippen molar-refractivity contribution in [1.82, 2.24) is 19.5 Å². The zero-order valence-corrected chi connectivity index (χ0v) is 20.4. The topological polar surface area (TPSA) is 123 Å². The van der Waals surface area contributed by atoms with Crippen LogP contribution in [0.25, 0.3) is 22.6 Å². The van der Waals surface area contributed by atoms with Gasteiger partial charge >= 0.3 is 0 Å². The summed E-state index contributed by atoms with van der Waals surface area (Å²) in [5.41, 5.74) is 3.53. The molecule has 0 amide bonds. The van der Waals surface area contributed by atoms with Gasteiger partial charge in [0.15, 0.2) is 5.16 Å². The van der Waals surface area contributed by atoms with Crippen molar-refractivity contribution in [2.45, 2.75) is 50.0 Å². The van der Waals surface area contributed by atoms with E-state index in [4.69, 9.17) is 34.8 Å². The molecule has 3 N–H and O–H groups in total. The first-order chi connectivity index (χ1) is 16.4. The number of aromatic nitrogens is 4. The number of unbranched alkanes of at least 4 members (excludes halogenated alkanes) is 1. The third-order valence-electron chi connectivity index (χ3n) is 5.15. The SMILES string of the molecule is COCn1c(CCCOCCCCC(O)(O)O)nc(-c2ccccc2)c1-c1ccnc(SC)n1. The van der Waals surface area contributed by atoms with Crippen molar-refractivity contribution in [3.63, 3.8) is 0 Å². The summed E-state index contributed by atoms with van der Waals surface area (Å²) in [5.74, 6) is -1.72. The second-order valence-corrected chi connectivity index (χ2v) is 8.59. The molecule has 0 saturated heterocycles. The summed E-state index contributed by atoms with van der Waals surface area (Å²) in [4.78, 5) is 14.0. The molecule has 3 aromatic rings. The number of thioether (sulfide) groups is 1. The molecule has 34 heavy (non-hydrogen) atoms. The van der Waals surface area contributed by atoms with E-state index in [-0.39, 0.29) is 6.42 Å². The zero-order valence-electron chi connectivity index (χ0n) is 19.6. The maximum atomic E-state index is 8.91. The Morgan fingerprint density at radius 3 is 2.47 bits per heavy atom. The van der Waals surface area contributed by atoms with Gasteiger partial charge in [-0.05, 0) is 31.6 Å². The minimum atomic E-state index is -2.60. The summed E-state index contributed by atoms with van der Waals surface area (Å²) < 4.78 is 13.2. The Hall–Kier alpha value is -2.34. The van der Waals surface area contributed by atoms with Gasteiger partial charge in [0.05, 0.1) is 17.1 Å². The largest absolute Gasteiger partial charge is 0.381 e. The van der Waals surface area contributed by atoms with Crippen LogP contribution >= 0.6 is 11.8 Å². The summed E-state index contributed by atoms with van der Waals surface area (Å²) >= 11 is 1.49. The summed E-state index contributed by atoms with van der Waals surface area (Å²) in [5, 5.41) is 27.4. The summed E-state index contributed by atoms with van der Waals surface area (Å²) in [6, 6.07) is 11.9. The Morgan fingerprint density at radius 1 is 1.00 bits per heavy atom. The van der Waals surface area contributed by atoms with Crippen LogP contribution < -0.4 is 0 Å². The molecule has 0 fully saturated rings. The van der Waals surface area contributed by atoms with Crippen molar-refractivity contribution in [1.29, 1.82) is 0 Å². The van der Waals surface area contributed by atoms with Gasteiger partial charge in [0.2, 0.25) is 0 Å². The van der Waals surface area contributed by atoms with E-state index in [0.29, 0.717) is 44.4 Å². The average molecular weight is 489 g/mol. The van der Waals surface area contributed by atoms with Crippen LogP contribution in [0.5, 0.6) is 0 Å². The molecule has 2 aromatic heterocycles. The first-order valence-electron chi connectivity index (χ1n) is 11.2. The highest BCUT2D eigenvalue weighted by atomic mass is 32.2. The van der Waals surface area contributed by atoms with Crippen molar-refractivity contribution < 1.29 is 24.8 Å². The highest BCUT2D eigenvalue weighted by molar-refractivity contribution is 7.98. The van der Waals surface area contributed by atoms with E-state index in [1.165, 1.54) is 11.8 Å². The maximum Gasteiger partial charge on any atom is 0.275 e. The number of aryl methyl sites for hydroxylation is 1. The van der Waals surface area contributed by atoms with Gasteiger partial charge in [0.25, 0.3) is 5.97 Å². The predicted molar refractivity (Wildman–Crippen MR) is 130 cm³/mol. The Labute approximate surface area is 203 Å². The third kappa shape index (κ3) is 7.59. The highest BCUT2D eigenvalue weighted by Gasteiger charge is 2.21. The van der Waals surface area contributed by atoms with Crippen LogP contribution in [-0.2, 0) is 22.6 Å². The minimum Gasteiger partial charge on any atom is -0.381 e. The molecule has 0 spiro atoms. The van der Waals surface area contributed by atoms with Crippen molar-refractivity contribution >= 4 is 11.8 Å². The lowest BCUT2D eigenvalue weighted by atomic mass is 10.1. The third-order valence-corrected chi connectivity index (χ3v) is 5.71. The van der Waals surface area contributed by atoms with E-state index < -0.39 is 5.97 Å². The summed E-state index contributed by atoms with van der Waals surface area (Å²) in [7, 11) is 1.66. The fourth-order valence-corrected chi connectivity index (χ4v) is 3.94. The van der Waals surface area contributed by atoms with Gasteiger partial charge in [-0.3, -0.25) is 0 Å². The molecule has 0 aliphatic carbocycles. The molecule has 0 saturated carbocycles. The molecule has 2 heterocycles. The highest BCUT2D eigenvalue weighted by Crippen LogP contribution is 2.33. The van der Waals surface area contributed by atoms with Gasteiger partial charge < -0.3 is 29.4 Å². The fraction of sp³-hybridized carbons (Fsp3) is 0.458. The monoisotopic (exact) mass is 488 g/mol. The molecule has 0 aliphatic rings. The molecule has 1 aromatic carbocycles. The van der Waals surface area contributed by atoms with Crippen LogP contribution in [0.4, 0.5) is 0 Å². The van der Waals surface area contributed by atoms with Gasteiger partial charge in [0, 0.05) is 44.9 Å². The lowest BCUT2D eigenvalue weighted by molar-refractivity contribution is -0.315. The quantitative estimate of drug-likeness (QED) is 0.136. The predicted octanol–water partition coefficient (Wildman–Crippen LogP) is 3.08. The molecule has 184 valence electrons. The number of benzene rings is 1. The molecule has 10 heteroatoms. The second kappa shape index (κ2) is 12.9. The van der Waals surface area contributed by atoms with Crippen molar-refractivity contribution in [3.8, 4) is 22.6 Å². The standard InChI is InChI=1S/C24H32N4O5S/c1-32-17-28-20(11-8-16-33-15-7-6-13-24(29,30)31)27-21(18-9-4-3-5-10-18)22(28)19-12-14-25-23(26-19)34-2/h3-5,9-10,12,14,29-31H,6-8,11,13,15-17H2,1-2H3. The zero-order chi connectivity index (χ0) is 24.4. The number of hydrogen-bond acceptors (Lipinski definition) is 9. The van der Waals surface area contributed by atoms with Gasteiger partial charge in [-0.25, -0.2) is 15.0 Å². The molecule has 0 radical (unpaired) electrons. The van der Waals surface area contributed by atoms with Crippen LogP contribution in [0.3, 0.4) is 0 Å². The minimum absolute atomic E-state index is 0.100. The van der Waals surface area contributed by atoms with Crippen LogP contribution in [0, 0.1) is 0 Å². The molecule has 0 unspecified atom stereocenters. The number of aliphatic hydroxyl groups is 3. The maximum absolute atomic E-state index is 8.91. The molecule has 0 atom stereocenters. The van der Waals surface area contributed by atoms with E-state index in [1.54, 1.807) is 13.3 Å². The van der Waals surface area contributed by atoms with E-state index in [1.807, 2.05) is 42.7 Å². The fourth-order valence-electron chi connectivity index (χ4n) is 3.59. The van der Waals surface area contributed by atoms with Crippen LogP contribution in [0.15, 0.2) is 47.8 Å². The number of imidazole rings is 1. The number of nitrogens with zero attached hydrogens (tertiary/aromatic N) is 4. The Kier molecular flexibility index (Phi) is 10.00. The van der Waals surface area contributed by atoms with E-state index in [0.717, 1.165) is 34.9 Å². The molecule has 3 rings (SSSR count). The molecular formula is C24H32N4O5S. The molecular weight excluding hydrogens is 456 g/mol. The summed E-state index contributed by atoms with van der Waals surface area (Å²) in [6.07, 6.45) is 6.15. The van der Waals surface area contributed by atoms with Gasteiger partial charge in [0.1, 0.15) is 12.6 Å². The number of ether oxygens (including phenoxy) is 2. The molecule has 0 bridgehead atoms. The smallest absolute Gasteiger partial charge is 0.275 e. The Morgan fingerprint density at radius 2 is 1.76 bits per heavy atom. The number of hydrogen-bond donors (Lipinski definition) is 3. The first kappa shape index (κ1) is 26.3. The van der Waals surface area contributed by atoms with Gasteiger partial charge in [-0.2, -0.15) is 0 Å².